The number of allylic oxidation sites excluding steroid dienone is 2. The fraction of sp³-hybridized carbons (Fsp3) is 0.231. The van der Waals surface area contributed by atoms with Crippen LogP contribution in [-0.4, -0.2) is 14.7 Å². The van der Waals surface area contributed by atoms with Gasteiger partial charge in [-0.1, -0.05) is 37.0 Å². The summed E-state index contributed by atoms with van der Waals surface area (Å²) in [6, 6.07) is 9.46. The lowest BCUT2D eigenvalue weighted by atomic mass is 10.2. The second kappa shape index (κ2) is 5.53. The van der Waals surface area contributed by atoms with Gasteiger partial charge in [-0.05, 0) is 18.6 Å². The van der Waals surface area contributed by atoms with E-state index in [0.29, 0.717) is 11.3 Å². The fourth-order valence-electron chi connectivity index (χ4n) is 1.19. The molecule has 0 amide bonds. The van der Waals surface area contributed by atoms with Crippen LogP contribution < -0.4 is 0 Å². The number of benzene rings is 1. The van der Waals surface area contributed by atoms with Gasteiger partial charge in [0.05, 0.1) is 4.91 Å². The first kappa shape index (κ1) is 12.5. The van der Waals surface area contributed by atoms with Gasteiger partial charge in [0.2, 0.25) is 0 Å². The van der Waals surface area contributed by atoms with Gasteiger partial charge in [-0.15, -0.1) is 0 Å². The summed E-state index contributed by atoms with van der Waals surface area (Å²) in [5.74, 6) is 5.66. The monoisotopic (exact) mass is 234 g/mol. The Kier molecular flexibility index (Phi) is 4.33. The molecule has 0 aromatic heterocycles. The minimum atomic E-state index is -3.11. The van der Waals surface area contributed by atoms with Crippen molar-refractivity contribution in [2.24, 2.45) is 0 Å². The SMILES string of the molecule is CCC(=CC#Cc1ccccc1)S(C)(=O)=O. The minimum absolute atomic E-state index is 0.371. The topological polar surface area (TPSA) is 34.1 Å². The first-order valence-corrected chi connectivity index (χ1v) is 6.89. The van der Waals surface area contributed by atoms with E-state index in [1.54, 1.807) is 6.92 Å². The molecule has 3 heteroatoms. The predicted octanol–water partition coefficient (Wildman–Crippen LogP) is 2.38. The lowest BCUT2D eigenvalue weighted by molar-refractivity contribution is 0.606. The molecule has 0 fully saturated rings. The molecular formula is C13H14O2S. The molecule has 0 aliphatic rings. The van der Waals surface area contributed by atoms with E-state index in [0.717, 1.165) is 5.56 Å². The van der Waals surface area contributed by atoms with Gasteiger partial charge < -0.3 is 0 Å². The van der Waals surface area contributed by atoms with Crippen LogP contribution in [0.2, 0.25) is 0 Å². The highest BCUT2D eigenvalue weighted by Gasteiger charge is 2.06. The molecule has 0 N–H and O–H groups in total. The molecule has 0 unspecified atom stereocenters. The van der Waals surface area contributed by atoms with E-state index in [2.05, 4.69) is 11.8 Å². The Morgan fingerprint density at radius 1 is 1.31 bits per heavy atom. The van der Waals surface area contributed by atoms with Crippen LogP contribution in [0.3, 0.4) is 0 Å². The van der Waals surface area contributed by atoms with Gasteiger partial charge >= 0.3 is 0 Å². The molecule has 1 rings (SSSR count). The standard InChI is InChI=1S/C13H14O2S/c1-3-13(16(2,14)15)11-7-10-12-8-5-4-6-9-12/h4-6,8-9,11H,3H2,1-2H3. The zero-order valence-corrected chi connectivity index (χ0v) is 10.2. The highest BCUT2D eigenvalue weighted by molar-refractivity contribution is 7.94. The predicted molar refractivity (Wildman–Crippen MR) is 66.5 cm³/mol. The molecule has 0 aliphatic carbocycles. The molecular weight excluding hydrogens is 220 g/mol. The first-order chi connectivity index (χ1) is 7.54. The maximum atomic E-state index is 11.3. The van der Waals surface area contributed by atoms with Gasteiger partial charge in [0.1, 0.15) is 0 Å². The van der Waals surface area contributed by atoms with Gasteiger partial charge in [-0.2, -0.15) is 0 Å². The molecule has 0 aliphatic heterocycles. The molecule has 0 heterocycles. The third kappa shape index (κ3) is 3.92. The van der Waals surface area contributed by atoms with E-state index in [1.165, 1.54) is 12.3 Å². The number of sulfone groups is 1. The fourth-order valence-corrected chi connectivity index (χ4v) is 1.99. The van der Waals surface area contributed by atoms with Crippen molar-refractivity contribution in [1.82, 2.24) is 0 Å². The molecule has 2 nitrogen and oxygen atoms in total. The van der Waals surface area contributed by atoms with Crippen molar-refractivity contribution in [2.45, 2.75) is 13.3 Å². The minimum Gasteiger partial charge on any atom is -0.224 e. The Labute approximate surface area is 96.9 Å². The van der Waals surface area contributed by atoms with E-state index in [-0.39, 0.29) is 0 Å². The normalized spacial score (nSPS) is 11.8. The zero-order chi connectivity index (χ0) is 12.0. The van der Waals surface area contributed by atoms with Crippen LogP contribution in [0.4, 0.5) is 0 Å². The van der Waals surface area contributed by atoms with Gasteiger partial charge in [-0.25, -0.2) is 8.42 Å². The molecule has 1 aromatic carbocycles. The van der Waals surface area contributed by atoms with Crippen LogP contribution in [-0.2, 0) is 9.84 Å². The summed E-state index contributed by atoms with van der Waals surface area (Å²) in [7, 11) is -3.11. The third-order valence-electron chi connectivity index (χ3n) is 2.05. The summed E-state index contributed by atoms with van der Waals surface area (Å²) in [6.07, 6.45) is 3.15. The van der Waals surface area contributed by atoms with E-state index in [9.17, 15) is 8.42 Å². The maximum absolute atomic E-state index is 11.3. The van der Waals surface area contributed by atoms with Crippen LogP contribution in [0.25, 0.3) is 0 Å². The van der Waals surface area contributed by atoms with Crippen LogP contribution >= 0.6 is 0 Å². The summed E-state index contributed by atoms with van der Waals surface area (Å²) >= 11 is 0. The summed E-state index contributed by atoms with van der Waals surface area (Å²) in [4.78, 5) is 0.371. The number of hydrogen-bond acceptors (Lipinski definition) is 2. The van der Waals surface area contributed by atoms with Gasteiger partial charge in [0.15, 0.2) is 9.84 Å². The third-order valence-corrected chi connectivity index (χ3v) is 3.41. The van der Waals surface area contributed by atoms with E-state index >= 15 is 0 Å². The summed E-state index contributed by atoms with van der Waals surface area (Å²) in [6.45, 7) is 1.80. The second-order valence-electron chi connectivity index (χ2n) is 3.37. The average Bonchev–Trinajstić information content (AvgIpc) is 2.24. The molecule has 0 bridgehead atoms. The van der Waals surface area contributed by atoms with Crippen molar-refractivity contribution in [3.8, 4) is 11.8 Å². The quantitative estimate of drug-likeness (QED) is 0.736. The van der Waals surface area contributed by atoms with Gasteiger partial charge in [0, 0.05) is 17.9 Å². The molecule has 84 valence electrons. The molecule has 16 heavy (non-hydrogen) atoms. The molecule has 1 aromatic rings. The van der Waals surface area contributed by atoms with Gasteiger partial charge in [-0.3, -0.25) is 0 Å². The van der Waals surface area contributed by atoms with Crippen molar-refractivity contribution in [2.75, 3.05) is 6.26 Å². The van der Waals surface area contributed by atoms with Crippen molar-refractivity contribution >= 4 is 9.84 Å². The smallest absolute Gasteiger partial charge is 0.172 e. The Bertz CT molecular complexity index is 528. The van der Waals surface area contributed by atoms with Crippen LogP contribution in [0.1, 0.15) is 18.9 Å². The van der Waals surface area contributed by atoms with Crippen molar-refractivity contribution in [3.05, 3.63) is 46.9 Å². The zero-order valence-electron chi connectivity index (χ0n) is 9.40. The largest absolute Gasteiger partial charge is 0.224 e. The maximum Gasteiger partial charge on any atom is 0.172 e. The Balaban J connectivity index is 2.92. The lowest BCUT2D eigenvalue weighted by Crippen LogP contribution is -1.99. The highest BCUT2D eigenvalue weighted by atomic mass is 32.2. The first-order valence-electron chi connectivity index (χ1n) is 4.99. The number of hydrogen-bond donors (Lipinski definition) is 0. The molecule has 0 saturated heterocycles. The summed E-state index contributed by atoms with van der Waals surface area (Å²) < 4.78 is 22.5. The van der Waals surface area contributed by atoms with Crippen LogP contribution in [0.15, 0.2) is 41.3 Å². The second-order valence-corrected chi connectivity index (χ2v) is 5.44. The number of rotatable bonds is 2. The van der Waals surface area contributed by atoms with Crippen LogP contribution in [0, 0.1) is 11.8 Å². The molecule has 0 radical (unpaired) electrons. The average molecular weight is 234 g/mol. The highest BCUT2D eigenvalue weighted by Crippen LogP contribution is 2.07. The summed E-state index contributed by atoms with van der Waals surface area (Å²) in [5, 5.41) is 0. The Morgan fingerprint density at radius 3 is 2.44 bits per heavy atom. The van der Waals surface area contributed by atoms with Gasteiger partial charge in [0.25, 0.3) is 0 Å². The van der Waals surface area contributed by atoms with E-state index in [1.807, 2.05) is 30.3 Å². The molecule has 0 saturated carbocycles. The Hall–Kier alpha value is -1.53. The van der Waals surface area contributed by atoms with Crippen molar-refractivity contribution in [3.63, 3.8) is 0 Å². The lowest BCUT2D eigenvalue weighted by Gasteiger charge is -1.97. The van der Waals surface area contributed by atoms with E-state index < -0.39 is 9.84 Å². The van der Waals surface area contributed by atoms with Crippen molar-refractivity contribution in [1.29, 1.82) is 0 Å². The van der Waals surface area contributed by atoms with E-state index in [4.69, 9.17) is 0 Å². The van der Waals surface area contributed by atoms with Crippen molar-refractivity contribution < 1.29 is 8.42 Å². The Morgan fingerprint density at radius 2 is 1.94 bits per heavy atom. The molecule has 0 atom stereocenters. The summed E-state index contributed by atoms with van der Waals surface area (Å²) in [5.41, 5.74) is 0.878. The molecule has 0 spiro atoms. The van der Waals surface area contributed by atoms with Crippen LogP contribution in [0.5, 0.6) is 0 Å².